The van der Waals surface area contributed by atoms with Gasteiger partial charge in [-0.05, 0) is 18.6 Å². The molecule has 7 heteroatoms. The molecule has 0 aliphatic heterocycles. The van der Waals surface area contributed by atoms with Crippen LogP contribution in [0.3, 0.4) is 0 Å². The Bertz CT molecular complexity index is 652. The number of aromatic nitrogens is 3. The number of nitrogens with zero attached hydrogens (tertiary/aromatic N) is 4. The van der Waals surface area contributed by atoms with Crippen LogP contribution in [-0.4, -0.2) is 28.6 Å². The third-order valence-corrected chi connectivity index (χ3v) is 2.62. The van der Waals surface area contributed by atoms with Crippen molar-refractivity contribution >= 4 is 17.6 Å². The molecule has 2 aromatic rings. The smallest absolute Gasteiger partial charge is 0.322 e. The second-order valence-corrected chi connectivity index (χ2v) is 4.18. The van der Waals surface area contributed by atoms with Crippen LogP contribution >= 0.6 is 0 Å². The summed E-state index contributed by atoms with van der Waals surface area (Å²) in [5, 5.41) is 15.2. The average Bonchev–Trinajstić information content (AvgIpc) is 2.53. The molecular weight excluding hydrogens is 268 g/mol. The molecule has 2 N–H and O–H groups in total. The number of hydrogen-bond acceptors (Lipinski definition) is 7. The Hall–Kier alpha value is -2.88. The minimum atomic E-state index is 0.209. The van der Waals surface area contributed by atoms with E-state index >= 15 is 0 Å². The lowest BCUT2D eigenvalue weighted by molar-refractivity contribution is 0.379. The molecule has 0 fully saturated rings. The Balaban J connectivity index is 2.28. The maximum atomic E-state index is 9.09. The van der Waals surface area contributed by atoms with Gasteiger partial charge >= 0.3 is 6.01 Å². The van der Waals surface area contributed by atoms with Crippen LogP contribution in [0.1, 0.15) is 18.9 Å². The summed E-state index contributed by atoms with van der Waals surface area (Å²) in [4.78, 5) is 12.5. The van der Waals surface area contributed by atoms with Gasteiger partial charge in [0, 0.05) is 6.54 Å². The van der Waals surface area contributed by atoms with Gasteiger partial charge in [0.15, 0.2) is 0 Å². The molecule has 1 heterocycles. The molecular formula is C14H16N6O. The van der Waals surface area contributed by atoms with E-state index in [4.69, 9.17) is 10.00 Å². The van der Waals surface area contributed by atoms with Crippen LogP contribution < -0.4 is 15.4 Å². The molecule has 0 bridgehead atoms. The number of nitrogens with one attached hydrogen (secondary N) is 2. The average molecular weight is 284 g/mol. The quantitative estimate of drug-likeness (QED) is 0.840. The number of para-hydroxylation sites is 1. The van der Waals surface area contributed by atoms with Gasteiger partial charge in [0.05, 0.1) is 18.4 Å². The summed E-state index contributed by atoms with van der Waals surface area (Å²) in [6.45, 7) is 2.80. The molecule has 0 aliphatic carbocycles. The molecule has 0 aliphatic rings. The molecule has 0 radical (unpaired) electrons. The molecule has 2 rings (SSSR count). The summed E-state index contributed by atoms with van der Waals surface area (Å²) >= 11 is 0. The second kappa shape index (κ2) is 7.05. The molecule has 0 saturated carbocycles. The van der Waals surface area contributed by atoms with Gasteiger partial charge < -0.3 is 15.4 Å². The van der Waals surface area contributed by atoms with Crippen molar-refractivity contribution in [3.05, 3.63) is 29.8 Å². The number of methoxy groups -OCH3 is 1. The first-order valence-electron chi connectivity index (χ1n) is 6.57. The lowest BCUT2D eigenvalue weighted by atomic mass is 10.2. The summed E-state index contributed by atoms with van der Waals surface area (Å²) in [7, 11) is 1.49. The van der Waals surface area contributed by atoms with Crippen molar-refractivity contribution in [3.8, 4) is 12.1 Å². The minimum absolute atomic E-state index is 0.209. The van der Waals surface area contributed by atoms with E-state index in [1.165, 1.54) is 7.11 Å². The molecule has 21 heavy (non-hydrogen) atoms. The molecule has 1 aromatic heterocycles. The van der Waals surface area contributed by atoms with E-state index in [-0.39, 0.29) is 6.01 Å². The van der Waals surface area contributed by atoms with Crippen molar-refractivity contribution in [1.82, 2.24) is 15.0 Å². The normalized spacial score (nSPS) is 9.76. The fraction of sp³-hybridized carbons (Fsp3) is 0.286. The highest BCUT2D eigenvalue weighted by atomic mass is 16.5. The van der Waals surface area contributed by atoms with Crippen LogP contribution in [0.15, 0.2) is 24.3 Å². The third-order valence-electron chi connectivity index (χ3n) is 2.62. The van der Waals surface area contributed by atoms with Gasteiger partial charge in [0.1, 0.15) is 6.07 Å². The lowest BCUT2D eigenvalue weighted by Crippen LogP contribution is -2.09. The van der Waals surface area contributed by atoms with Crippen LogP contribution in [0.4, 0.5) is 17.6 Å². The molecule has 7 nitrogen and oxygen atoms in total. The van der Waals surface area contributed by atoms with Crippen LogP contribution in [0.2, 0.25) is 0 Å². The molecule has 108 valence electrons. The Morgan fingerprint density at radius 3 is 2.67 bits per heavy atom. The summed E-state index contributed by atoms with van der Waals surface area (Å²) in [5.74, 6) is 0.754. The summed E-state index contributed by atoms with van der Waals surface area (Å²) in [6, 6.07) is 9.46. The van der Waals surface area contributed by atoms with Gasteiger partial charge in [-0.1, -0.05) is 19.1 Å². The fourth-order valence-corrected chi connectivity index (χ4v) is 1.63. The van der Waals surface area contributed by atoms with Crippen molar-refractivity contribution in [2.45, 2.75) is 13.3 Å². The van der Waals surface area contributed by atoms with Crippen LogP contribution in [-0.2, 0) is 0 Å². The Morgan fingerprint density at radius 1 is 1.19 bits per heavy atom. The fourth-order valence-electron chi connectivity index (χ4n) is 1.63. The molecule has 0 amide bonds. The van der Waals surface area contributed by atoms with Crippen molar-refractivity contribution in [3.63, 3.8) is 0 Å². The van der Waals surface area contributed by atoms with Crippen molar-refractivity contribution in [2.24, 2.45) is 0 Å². The zero-order chi connectivity index (χ0) is 15.1. The predicted molar refractivity (Wildman–Crippen MR) is 79.6 cm³/mol. The summed E-state index contributed by atoms with van der Waals surface area (Å²) in [6.07, 6.45) is 0.952. The highest BCUT2D eigenvalue weighted by molar-refractivity contribution is 5.63. The Kier molecular flexibility index (Phi) is 4.88. The van der Waals surface area contributed by atoms with Crippen molar-refractivity contribution in [2.75, 3.05) is 24.3 Å². The van der Waals surface area contributed by atoms with Crippen LogP contribution in [0.5, 0.6) is 6.01 Å². The maximum absolute atomic E-state index is 9.09. The SMILES string of the molecule is CCCNc1nc(Nc2ccccc2C#N)nc(OC)n1. The standard InChI is InChI=1S/C14H16N6O/c1-3-8-16-12-18-13(20-14(19-12)21-2)17-11-7-5-4-6-10(11)9-15/h4-7H,3,8H2,1-2H3,(H2,16,17,18,19,20). The van der Waals surface area contributed by atoms with E-state index in [2.05, 4.69) is 31.7 Å². The zero-order valence-corrected chi connectivity index (χ0v) is 11.9. The van der Waals surface area contributed by atoms with E-state index in [1.54, 1.807) is 18.2 Å². The van der Waals surface area contributed by atoms with E-state index < -0.39 is 0 Å². The van der Waals surface area contributed by atoms with Gasteiger partial charge in [-0.2, -0.15) is 20.2 Å². The van der Waals surface area contributed by atoms with Crippen LogP contribution in [0.25, 0.3) is 0 Å². The summed E-state index contributed by atoms with van der Waals surface area (Å²) < 4.78 is 5.06. The molecule has 0 atom stereocenters. The van der Waals surface area contributed by atoms with E-state index in [9.17, 15) is 0 Å². The highest BCUT2D eigenvalue weighted by Crippen LogP contribution is 2.19. The first kappa shape index (κ1) is 14.5. The van der Waals surface area contributed by atoms with Gasteiger partial charge in [0.25, 0.3) is 0 Å². The molecule has 0 unspecified atom stereocenters. The Morgan fingerprint density at radius 2 is 1.95 bits per heavy atom. The van der Waals surface area contributed by atoms with E-state index in [0.29, 0.717) is 23.1 Å². The number of ether oxygens (including phenoxy) is 1. The number of anilines is 3. The monoisotopic (exact) mass is 284 g/mol. The van der Waals surface area contributed by atoms with Gasteiger partial charge in [-0.25, -0.2) is 0 Å². The minimum Gasteiger partial charge on any atom is -0.467 e. The van der Waals surface area contributed by atoms with Gasteiger partial charge in [-0.3, -0.25) is 0 Å². The van der Waals surface area contributed by atoms with Crippen molar-refractivity contribution in [1.29, 1.82) is 5.26 Å². The first-order valence-corrected chi connectivity index (χ1v) is 6.57. The molecule has 1 aromatic carbocycles. The second-order valence-electron chi connectivity index (χ2n) is 4.18. The van der Waals surface area contributed by atoms with E-state index in [0.717, 1.165) is 13.0 Å². The van der Waals surface area contributed by atoms with Gasteiger partial charge in [-0.15, -0.1) is 0 Å². The molecule has 0 spiro atoms. The largest absolute Gasteiger partial charge is 0.467 e. The third kappa shape index (κ3) is 3.79. The Labute approximate surface area is 123 Å². The van der Waals surface area contributed by atoms with Crippen molar-refractivity contribution < 1.29 is 4.74 Å². The highest BCUT2D eigenvalue weighted by Gasteiger charge is 2.08. The number of nitriles is 1. The lowest BCUT2D eigenvalue weighted by Gasteiger charge is -2.09. The first-order chi connectivity index (χ1) is 10.3. The predicted octanol–water partition coefficient (Wildman–Crippen LogP) is 2.32. The number of rotatable bonds is 6. The number of hydrogen-bond donors (Lipinski definition) is 2. The molecule has 0 saturated heterocycles. The van der Waals surface area contributed by atoms with E-state index in [1.807, 2.05) is 13.0 Å². The summed E-state index contributed by atoms with van der Waals surface area (Å²) in [5.41, 5.74) is 1.15. The zero-order valence-electron chi connectivity index (χ0n) is 11.9. The van der Waals surface area contributed by atoms with Crippen LogP contribution in [0, 0.1) is 11.3 Å². The van der Waals surface area contributed by atoms with Gasteiger partial charge in [0.2, 0.25) is 11.9 Å². The maximum Gasteiger partial charge on any atom is 0.322 e. The topological polar surface area (TPSA) is 95.8 Å². The number of benzene rings is 1.